The fraction of sp³-hybridized carbons (Fsp3) is 0.130. The van der Waals surface area contributed by atoms with Gasteiger partial charge in [-0.25, -0.2) is 10.4 Å². The molecule has 0 aliphatic heterocycles. The van der Waals surface area contributed by atoms with Gasteiger partial charge in [-0.3, -0.25) is 4.79 Å². The van der Waals surface area contributed by atoms with Crippen LogP contribution in [-0.2, 0) is 10.5 Å². The van der Waals surface area contributed by atoms with Crippen molar-refractivity contribution in [2.75, 3.05) is 6.61 Å². The van der Waals surface area contributed by atoms with Gasteiger partial charge in [-0.05, 0) is 24.1 Å². The van der Waals surface area contributed by atoms with E-state index in [0.29, 0.717) is 11.0 Å². The zero-order valence-corrected chi connectivity index (χ0v) is 17.4. The normalized spacial score (nSPS) is 11.1. The summed E-state index contributed by atoms with van der Waals surface area (Å²) < 4.78 is 5.50. The smallest absolute Gasteiger partial charge is 0.278 e. The molecule has 0 saturated carbocycles. The number of rotatable bonds is 9. The summed E-state index contributed by atoms with van der Waals surface area (Å²) in [4.78, 5) is 20.7. The van der Waals surface area contributed by atoms with Gasteiger partial charge < -0.3 is 4.74 Å². The number of carbonyl (C=O) groups is 1. The molecule has 0 fully saturated rings. The number of aromatic nitrogens is 2. The van der Waals surface area contributed by atoms with Crippen LogP contribution in [0.5, 0.6) is 5.88 Å². The molecule has 0 atom stereocenters. The number of benzene rings is 2. The standard InChI is InChI=1S/C23H22N4O2S/c1-18-15-22(26-23(25-18)30-17-20-11-6-3-7-12-20)29-16-21(28)27-24-14-8-13-19-9-4-2-5-10-19/h2-15H,16-17H2,1H3,(H,27,28). The van der Waals surface area contributed by atoms with Gasteiger partial charge in [0.05, 0.1) is 0 Å². The molecule has 3 rings (SSSR count). The predicted octanol–water partition coefficient (Wildman–Crippen LogP) is 4.27. The fourth-order valence-corrected chi connectivity index (χ4v) is 3.27. The minimum absolute atomic E-state index is 0.182. The van der Waals surface area contributed by atoms with Crippen LogP contribution >= 0.6 is 11.8 Å². The van der Waals surface area contributed by atoms with Gasteiger partial charge in [0.1, 0.15) is 0 Å². The van der Waals surface area contributed by atoms with Gasteiger partial charge in [0, 0.05) is 23.7 Å². The Morgan fingerprint density at radius 2 is 1.83 bits per heavy atom. The molecule has 0 saturated heterocycles. The van der Waals surface area contributed by atoms with Crippen molar-refractivity contribution in [3.05, 3.63) is 89.6 Å². The first kappa shape index (κ1) is 21.3. The van der Waals surface area contributed by atoms with E-state index in [1.807, 2.05) is 61.5 Å². The van der Waals surface area contributed by atoms with Gasteiger partial charge in [0.2, 0.25) is 5.88 Å². The van der Waals surface area contributed by atoms with Gasteiger partial charge in [-0.1, -0.05) is 78.5 Å². The molecular weight excluding hydrogens is 396 g/mol. The molecule has 1 amide bonds. The highest BCUT2D eigenvalue weighted by Crippen LogP contribution is 2.21. The molecule has 1 N–H and O–H groups in total. The summed E-state index contributed by atoms with van der Waals surface area (Å²) in [7, 11) is 0. The molecule has 6 nitrogen and oxygen atoms in total. The second-order valence-corrected chi connectivity index (χ2v) is 7.22. The maximum absolute atomic E-state index is 11.9. The Labute approximate surface area is 180 Å². The van der Waals surface area contributed by atoms with Crippen molar-refractivity contribution in [2.45, 2.75) is 17.8 Å². The van der Waals surface area contributed by atoms with E-state index < -0.39 is 0 Å². The molecule has 152 valence electrons. The highest BCUT2D eigenvalue weighted by molar-refractivity contribution is 7.98. The van der Waals surface area contributed by atoms with Gasteiger partial charge in [-0.2, -0.15) is 10.1 Å². The van der Waals surface area contributed by atoms with Crippen molar-refractivity contribution in [1.82, 2.24) is 15.4 Å². The number of nitrogens with zero attached hydrogens (tertiary/aromatic N) is 3. The van der Waals surface area contributed by atoms with Gasteiger partial charge in [0.25, 0.3) is 5.91 Å². The van der Waals surface area contributed by atoms with E-state index in [2.05, 4.69) is 32.6 Å². The van der Waals surface area contributed by atoms with E-state index in [4.69, 9.17) is 4.74 Å². The number of ether oxygens (including phenoxy) is 1. The number of hydrogen-bond acceptors (Lipinski definition) is 6. The third-order valence-corrected chi connectivity index (χ3v) is 4.73. The Hall–Kier alpha value is -3.45. The maximum atomic E-state index is 11.9. The molecule has 2 aromatic carbocycles. The second-order valence-electron chi connectivity index (χ2n) is 6.28. The van der Waals surface area contributed by atoms with Gasteiger partial charge in [-0.15, -0.1) is 0 Å². The zero-order valence-electron chi connectivity index (χ0n) is 16.6. The molecule has 0 unspecified atom stereocenters. The quantitative estimate of drug-likeness (QED) is 0.243. The summed E-state index contributed by atoms with van der Waals surface area (Å²) in [5, 5.41) is 4.48. The van der Waals surface area contributed by atoms with Crippen molar-refractivity contribution < 1.29 is 9.53 Å². The van der Waals surface area contributed by atoms with Gasteiger partial charge >= 0.3 is 0 Å². The van der Waals surface area contributed by atoms with Crippen molar-refractivity contribution in [3.8, 4) is 5.88 Å². The second kappa shape index (κ2) is 11.5. The first-order valence-corrected chi connectivity index (χ1v) is 10.4. The lowest BCUT2D eigenvalue weighted by Gasteiger charge is -2.07. The third-order valence-electron chi connectivity index (χ3n) is 3.81. The lowest BCUT2D eigenvalue weighted by atomic mass is 10.2. The van der Waals surface area contributed by atoms with E-state index in [1.54, 1.807) is 12.1 Å². The lowest BCUT2D eigenvalue weighted by molar-refractivity contribution is -0.123. The minimum atomic E-state index is -0.367. The number of nitrogens with one attached hydrogen (secondary N) is 1. The van der Waals surface area contributed by atoms with Crippen LogP contribution < -0.4 is 10.2 Å². The molecule has 1 heterocycles. The first-order valence-electron chi connectivity index (χ1n) is 9.38. The zero-order chi connectivity index (χ0) is 21.0. The minimum Gasteiger partial charge on any atom is -0.467 e. The number of hydrazone groups is 1. The molecule has 3 aromatic rings. The van der Waals surface area contributed by atoms with E-state index in [1.165, 1.54) is 23.5 Å². The largest absolute Gasteiger partial charge is 0.467 e. The number of thioether (sulfide) groups is 1. The van der Waals surface area contributed by atoms with E-state index in [-0.39, 0.29) is 12.5 Å². The van der Waals surface area contributed by atoms with Gasteiger partial charge in [0.15, 0.2) is 11.8 Å². The molecule has 0 spiro atoms. The molecule has 7 heteroatoms. The number of amides is 1. The predicted molar refractivity (Wildman–Crippen MR) is 120 cm³/mol. The fourth-order valence-electron chi connectivity index (χ4n) is 2.42. The molecule has 0 bridgehead atoms. The Kier molecular flexibility index (Phi) is 8.17. The molecular formula is C23H22N4O2S. The molecule has 0 aliphatic carbocycles. The molecule has 0 aliphatic rings. The van der Waals surface area contributed by atoms with Crippen LogP contribution in [-0.4, -0.2) is 28.7 Å². The van der Waals surface area contributed by atoms with E-state index >= 15 is 0 Å². The SMILES string of the molecule is Cc1cc(OCC(=O)NN=CC=Cc2ccccc2)nc(SCc2ccccc2)n1. The van der Waals surface area contributed by atoms with Crippen LogP contribution in [0.2, 0.25) is 0 Å². The van der Waals surface area contributed by atoms with Crippen molar-refractivity contribution in [1.29, 1.82) is 0 Å². The van der Waals surface area contributed by atoms with Crippen LogP contribution in [0.3, 0.4) is 0 Å². The molecule has 1 aromatic heterocycles. The topological polar surface area (TPSA) is 76.5 Å². The van der Waals surface area contributed by atoms with Crippen LogP contribution in [0.15, 0.2) is 83.1 Å². The summed E-state index contributed by atoms with van der Waals surface area (Å²) in [6.07, 6.45) is 5.16. The lowest BCUT2D eigenvalue weighted by Crippen LogP contribution is -2.24. The van der Waals surface area contributed by atoms with E-state index in [0.717, 1.165) is 17.0 Å². The van der Waals surface area contributed by atoms with Crippen molar-refractivity contribution in [2.24, 2.45) is 5.10 Å². The van der Waals surface area contributed by atoms with Crippen LogP contribution in [0.4, 0.5) is 0 Å². The van der Waals surface area contributed by atoms with Crippen LogP contribution in [0, 0.1) is 6.92 Å². The Balaban J connectivity index is 1.45. The number of aryl methyl sites for hydroxylation is 1. The van der Waals surface area contributed by atoms with Crippen LogP contribution in [0.25, 0.3) is 6.08 Å². The average molecular weight is 419 g/mol. The van der Waals surface area contributed by atoms with Crippen molar-refractivity contribution >= 4 is 30.0 Å². The van der Waals surface area contributed by atoms with Crippen molar-refractivity contribution in [3.63, 3.8) is 0 Å². The molecule has 0 radical (unpaired) electrons. The summed E-state index contributed by atoms with van der Waals surface area (Å²) in [6.45, 7) is 1.68. The summed E-state index contributed by atoms with van der Waals surface area (Å²) in [5.74, 6) is 0.755. The summed E-state index contributed by atoms with van der Waals surface area (Å²) >= 11 is 1.52. The van der Waals surface area contributed by atoms with Crippen LogP contribution in [0.1, 0.15) is 16.8 Å². The summed E-state index contributed by atoms with van der Waals surface area (Å²) in [5.41, 5.74) is 5.44. The average Bonchev–Trinajstić information content (AvgIpc) is 2.77. The maximum Gasteiger partial charge on any atom is 0.278 e. The first-order chi connectivity index (χ1) is 14.7. The monoisotopic (exact) mass is 418 g/mol. The molecule has 30 heavy (non-hydrogen) atoms. The number of allylic oxidation sites excluding steroid dienone is 1. The highest BCUT2D eigenvalue weighted by atomic mass is 32.2. The third kappa shape index (κ3) is 7.52. The Morgan fingerprint density at radius 1 is 1.10 bits per heavy atom. The Morgan fingerprint density at radius 3 is 2.60 bits per heavy atom. The highest BCUT2D eigenvalue weighted by Gasteiger charge is 2.07. The summed E-state index contributed by atoms with van der Waals surface area (Å²) in [6, 6.07) is 21.6. The Bertz CT molecular complexity index is 1010. The van der Waals surface area contributed by atoms with E-state index in [9.17, 15) is 4.79 Å². The number of hydrogen-bond donors (Lipinski definition) is 1. The number of carbonyl (C=O) groups excluding carboxylic acids is 1.